The first-order valence-electron chi connectivity index (χ1n) is 8.72. The lowest BCUT2D eigenvalue weighted by atomic mass is 10.0. The molecule has 2 aliphatic rings. The van der Waals surface area contributed by atoms with Gasteiger partial charge in [-0.25, -0.2) is 4.79 Å². The van der Waals surface area contributed by atoms with Crippen molar-refractivity contribution >= 4 is 29.4 Å². The highest BCUT2D eigenvalue weighted by Gasteiger charge is 2.49. The summed E-state index contributed by atoms with van der Waals surface area (Å²) in [5.74, 6) is 0.653. The zero-order valence-electron chi connectivity index (χ0n) is 15.4. The summed E-state index contributed by atoms with van der Waals surface area (Å²) >= 11 is 1.71. The van der Waals surface area contributed by atoms with Crippen molar-refractivity contribution in [2.45, 2.75) is 51.0 Å². The Morgan fingerprint density at radius 3 is 2.32 bits per heavy atom. The Labute approximate surface area is 153 Å². The average molecular weight is 362 g/mol. The fourth-order valence-corrected chi connectivity index (χ4v) is 4.69. The number of nitrogens with zero attached hydrogens (tertiary/aromatic N) is 2. The number of hydrogen-bond acceptors (Lipinski definition) is 4. The van der Waals surface area contributed by atoms with Crippen LogP contribution in [-0.4, -0.2) is 46.2 Å². The van der Waals surface area contributed by atoms with Crippen molar-refractivity contribution in [1.82, 2.24) is 4.90 Å². The SMILES string of the molecule is Cc1ccc(N2C(=O)CSC23CCN(C(=O)OC(C)(C)C)CC3)cc1. The minimum absolute atomic E-state index is 0.152. The molecular weight excluding hydrogens is 336 g/mol. The molecule has 25 heavy (non-hydrogen) atoms. The molecule has 1 spiro atoms. The largest absolute Gasteiger partial charge is 0.444 e. The van der Waals surface area contributed by atoms with Crippen LogP contribution in [0.1, 0.15) is 39.2 Å². The van der Waals surface area contributed by atoms with Crippen LogP contribution in [0.2, 0.25) is 0 Å². The van der Waals surface area contributed by atoms with Gasteiger partial charge in [0.2, 0.25) is 5.91 Å². The smallest absolute Gasteiger partial charge is 0.410 e. The third-order valence-electron chi connectivity index (χ3n) is 4.61. The quantitative estimate of drug-likeness (QED) is 0.762. The summed E-state index contributed by atoms with van der Waals surface area (Å²) in [6.07, 6.45) is 1.26. The highest BCUT2D eigenvalue weighted by molar-refractivity contribution is 8.02. The summed E-state index contributed by atoms with van der Waals surface area (Å²) in [5, 5.41) is 0. The van der Waals surface area contributed by atoms with E-state index in [4.69, 9.17) is 4.74 Å². The monoisotopic (exact) mass is 362 g/mol. The predicted octanol–water partition coefficient (Wildman–Crippen LogP) is 3.80. The van der Waals surface area contributed by atoms with Crippen molar-refractivity contribution in [2.75, 3.05) is 23.7 Å². The van der Waals surface area contributed by atoms with Gasteiger partial charge in [-0.05, 0) is 52.7 Å². The maximum atomic E-state index is 12.5. The maximum absolute atomic E-state index is 12.5. The van der Waals surface area contributed by atoms with E-state index >= 15 is 0 Å². The number of benzene rings is 1. The number of likely N-dealkylation sites (tertiary alicyclic amines) is 1. The Morgan fingerprint density at radius 1 is 1.16 bits per heavy atom. The van der Waals surface area contributed by atoms with Crippen LogP contribution in [0.4, 0.5) is 10.5 Å². The number of thioether (sulfide) groups is 1. The van der Waals surface area contributed by atoms with E-state index in [9.17, 15) is 9.59 Å². The molecule has 2 amide bonds. The summed E-state index contributed by atoms with van der Waals surface area (Å²) in [4.78, 5) is 28.3. The fourth-order valence-electron chi connectivity index (χ4n) is 3.36. The number of carbonyl (C=O) groups excluding carboxylic acids is 2. The molecule has 136 valence electrons. The Bertz CT molecular complexity index is 658. The molecule has 3 rings (SSSR count). The van der Waals surface area contributed by atoms with Crippen LogP contribution < -0.4 is 4.90 Å². The first-order valence-corrected chi connectivity index (χ1v) is 9.70. The van der Waals surface area contributed by atoms with E-state index in [1.165, 1.54) is 5.56 Å². The number of aryl methyl sites for hydroxylation is 1. The van der Waals surface area contributed by atoms with E-state index in [1.807, 2.05) is 56.9 Å². The second kappa shape index (κ2) is 6.56. The zero-order valence-corrected chi connectivity index (χ0v) is 16.2. The van der Waals surface area contributed by atoms with Crippen LogP contribution in [0, 0.1) is 6.92 Å². The number of piperidine rings is 1. The van der Waals surface area contributed by atoms with Crippen molar-refractivity contribution in [3.05, 3.63) is 29.8 Å². The van der Waals surface area contributed by atoms with E-state index in [1.54, 1.807) is 16.7 Å². The van der Waals surface area contributed by atoms with Crippen molar-refractivity contribution in [3.8, 4) is 0 Å². The van der Waals surface area contributed by atoms with Gasteiger partial charge in [0.15, 0.2) is 0 Å². The topological polar surface area (TPSA) is 49.9 Å². The van der Waals surface area contributed by atoms with Crippen LogP contribution in [0.3, 0.4) is 0 Å². The lowest BCUT2D eigenvalue weighted by molar-refractivity contribution is -0.116. The summed E-state index contributed by atoms with van der Waals surface area (Å²) in [5.41, 5.74) is 1.64. The van der Waals surface area contributed by atoms with Crippen molar-refractivity contribution in [2.24, 2.45) is 0 Å². The minimum atomic E-state index is -0.488. The molecule has 5 nitrogen and oxygen atoms in total. The molecule has 2 saturated heterocycles. The van der Waals surface area contributed by atoms with Crippen LogP contribution in [0.25, 0.3) is 0 Å². The number of amides is 2. The van der Waals surface area contributed by atoms with Gasteiger partial charge in [-0.2, -0.15) is 0 Å². The summed E-state index contributed by atoms with van der Waals surface area (Å²) in [7, 11) is 0. The van der Waals surface area contributed by atoms with Gasteiger partial charge in [-0.1, -0.05) is 17.7 Å². The molecule has 2 heterocycles. The predicted molar refractivity (Wildman–Crippen MR) is 101 cm³/mol. The third kappa shape index (κ3) is 3.78. The van der Waals surface area contributed by atoms with E-state index < -0.39 is 5.60 Å². The van der Waals surface area contributed by atoms with Gasteiger partial charge in [-0.15, -0.1) is 11.8 Å². The van der Waals surface area contributed by atoms with Gasteiger partial charge in [0, 0.05) is 18.8 Å². The first kappa shape index (κ1) is 18.1. The lowest BCUT2D eigenvalue weighted by Crippen LogP contribution is -2.53. The number of anilines is 1. The van der Waals surface area contributed by atoms with Gasteiger partial charge < -0.3 is 9.64 Å². The van der Waals surface area contributed by atoms with E-state index in [0.717, 1.165) is 18.5 Å². The normalized spacial score (nSPS) is 20.2. The number of carbonyl (C=O) groups is 2. The standard InChI is InChI=1S/C19H26N2O3S/c1-14-5-7-15(8-6-14)21-16(22)13-25-19(21)9-11-20(12-10-19)17(23)24-18(2,3)4/h5-8H,9-13H2,1-4H3. The molecule has 0 aliphatic carbocycles. The second-order valence-electron chi connectivity index (χ2n) is 7.77. The van der Waals surface area contributed by atoms with Crippen LogP contribution in [0.15, 0.2) is 24.3 Å². The number of ether oxygens (including phenoxy) is 1. The van der Waals surface area contributed by atoms with Crippen LogP contribution in [0.5, 0.6) is 0 Å². The molecule has 0 unspecified atom stereocenters. The second-order valence-corrected chi connectivity index (χ2v) is 9.10. The third-order valence-corrected chi connectivity index (χ3v) is 6.13. The molecular formula is C19H26N2O3S. The summed E-state index contributed by atoms with van der Waals surface area (Å²) in [6, 6.07) is 8.10. The van der Waals surface area contributed by atoms with E-state index in [0.29, 0.717) is 18.8 Å². The first-order chi connectivity index (χ1) is 11.7. The molecule has 0 saturated carbocycles. The maximum Gasteiger partial charge on any atom is 0.410 e. The van der Waals surface area contributed by atoms with Gasteiger partial charge in [-0.3, -0.25) is 9.69 Å². The van der Waals surface area contributed by atoms with Gasteiger partial charge in [0.1, 0.15) is 5.60 Å². The Balaban J connectivity index is 1.73. The highest BCUT2D eigenvalue weighted by atomic mass is 32.2. The molecule has 1 aromatic rings. The minimum Gasteiger partial charge on any atom is -0.444 e. The fraction of sp³-hybridized carbons (Fsp3) is 0.579. The van der Waals surface area contributed by atoms with Gasteiger partial charge in [0.05, 0.1) is 10.6 Å². The van der Waals surface area contributed by atoms with Crippen LogP contribution in [-0.2, 0) is 9.53 Å². The zero-order chi connectivity index (χ0) is 18.2. The van der Waals surface area contributed by atoms with E-state index in [2.05, 4.69) is 0 Å². The summed E-state index contributed by atoms with van der Waals surface area (Å²) < 4.78 is 5.47. The molecule has 6 heteroatoms. The molecule has 1 aromatic carbocycles. The Hall–Kier alpha value is -1.69. The van der Waals surface area contributed by atoms with Crippen molar-refractivity contribution < 1.29 is 14.3 Å². The van der Waals surface area contributed by atoms with Crippen molar-refractivity contribution in [3.63, 3.8) is 0 Å². The average Bonchev–Trinajstić information content (AvgIpc) is 2.84. The molecule has 2 aliphatic heterocycles. The van der Waals surface area contributed by atoms with E-state index in [-0.39, 0.29) is 16.9 Å². The highest BCUT2D eigenvalue weighted by Crippen LogP contribution is 2.46. The molecule has 0 radical (unpaired) electrons. The summed E-state index contributed by atoms with van der Waals surface area (Å²) in [6.45, 7) is 8.89. The molecule has 2 fully saturated rings. The number of rotatable bonds is 1. The van der Waals surface area contributed by atoms with Crippen molar-refractivity contribution in [1.29, 1.82) is 0 Å². The molecule has 0 aromatic heterocycles. The Kier molecular flexibility index (Phi) is 4.75. The van der Waals surface area contributed by atoms with Gasteiger partial charge >= 0.3 is 6.09 Å². The van der Waals surface area contributed by atoms with Crippen LogP contribution >= 0.6 is 11.8 Å². The lowest BCUT2D eigenvalue weighted by Gasteiger charge is -2.44. The molecule has 0 N–H and O–H groups in total. The molecule has 0 bridgehead atoms. The molecule has 0 atom stereocenters. The Morgan fingerprint density at radius 2 is 1.76 bits per heavy atom. The number of hydrogen-bond donors (Lipinski definition) is 0. The van der Waals surface area contributed by atoms with Gasteiger partial charge in [0.25, 0.3) is 0 Å².